The predicted molar refractivity (Wildman–Crippen MR) is 192 cm³/mol. The van der Waals surface area contributed by atoms with Gasteiger partial charge in [0.1, 0.15) is 13.2 Å². The van der Waals surface area contributed by atoms with Crippen molar-refractivity contribution in [3.05, 3.63) is 12.2 Å². The molecule has 0 heterocycles. The van der Waals surface area contributed by atoms with Gasteiger partial charge in [0.25, 0.3) is 7.82 Å². The van der Waals surface area contributed by atoms with Crippen LogP contribution in [0, 0.1) is 0 Å². The summed E-state index contributed by atoms with van der Waals surface area (Å²) in [5.74, 6) is -0.200. The molecule has 8 nitrogen and oxygen atoms in total. The Kier molecular flexibility index (Phi) is 29.8. The number of rotatable bonds is 34. The van der Waals surface area contributed by atoms with Gasteiger partial charge in [-0.05, 0) is 19.3 Å². The maximum atomic E-state index is 12.7. The van der Waals surface area contributed by atoms with Crippen molar-refractivity contribution in [1.29, 1.82) is 0 Å². The first-order valence-corrected chi connectivity index (χ1v) is 20.5. The number of amides is 1. The van der Waals surface area contributed by atoms with Crippen molar-refractivity contribution in [2.24, 2.45) is 0 Å². The van der Waals surface area contributed by atoms with Gasteiger partial charge >= 0.3 is 0 Å². The van der Waals surface area contributed by atoms with E-state index in [1.54, 1.807) is 6.08 Å². The molecule has 0 aromatic heterocycles. The lowest BCUT2D eigenvalue weighted by atomic mass is 10.0. The van der Waals surface area contributed by atoms with E-state index < -0.39 is 20.0 Å². The van der Waals surface area contributed by atoms with E-state index in [1.165, 1.54) is 109 Å². The molecule has 274 valence electrons. The van der Waals surface area contributed by atoms with Crippen molar-refractivity contribution in [2.45, 2.75) is 180 Å². The second-order valence-electron chi connectivity index (χ2n) is 14.3. The Labute approximate surface area is 284 Å². The molecule has 0 aromatic carbocycles. The SMILES string of the molecule is CCCCCCCC/C=C/C(O)C(COP(=O)([O-])OCC[N+](C)(C)C)NC(=O)CCCCCCCCCCCCCCCCCC. The summed E-state index contributed by atoms with van der Waals surface area (Å²) in [6, 6.07) is -0.876. The highest BCUT2D eigenvalue weighted by Crippen LogP contribution is 2.38. The summed E-state index contributed by atoms with van der Waals surface area (Å²) in [4.78, 5) is 25.1. The number of nitrogens with one attached hydrogen (secondary N) is 1. The molecule has 0 aromatic rings. The van der Waals surface area contributed by atoms with Crippen molar-refractivity contribution in [3.8, 4) is 0 Å². The van der Waals surface area contributed by atoms with Gasteiger partial charge in [-0.15, -0.1) is 0 Å². The van der Waals surface area contributed by atoms with Crippen LogP contribution in [0.15, 0.2) is 12.2 Å². The van der Waals surface area contributed by atoms with E-state index in [4.69, 9.17) is 9.05 Å². The van der Waals surface area contributed by atoms with Gasteiger partial charge in [0.15, 0.2) is 0 Å². The molecule has 2 N–H and O–H groups in total. The quantitative estimate of drug-likeness (QED) is 0.0305. The third-order valence-corrected chi connectivity index (χ3v) is 9.46. The van der Waals surface area contributed by atoms with Crippen LogP contribution in [0.2, 0.25) is 0 Å². The molecular formula is C37H75N2O6P. The van der Waals surface area contributed by atoms with E-state index in [0.717, 1.165) is 38.5 Å². The monoisotopic (exact) mass is 675 g/mol. The summed E-state index contributed by atoms with van der Waals surface area (Å²) < 4.78 is 23.0. The molecule has 0 aliphatic rings. The number of aliphatic hydroxyl groups excluding tert-OH is 1. The number of unbranched alkanes of at least 4 members (excludes halogenated alkanes) is 21. The standard InChI is InChI=1S/C37H75N2O6P/c1-6-8-10-12-14-16-17-18-19-20-21-22-23-25-27-29-31-37(41)38-35(34-45-46(42,43)44-33-32-39(3,4)5)36(40)30-28-26-24-15-13-11-9-7-2/h28,30,35-36,40H,6-27,29,31-34H2,1-5H3,(H-,38,41,42,43)/b30-28+. The Morgan fingerprint density at radius 2 is 1.17 bits per heavy atom. The molecule has 0 fully saturated rings. The van der Waals surface area contributed by atoms with Crippen molar-refractivity contribution in [3.63, 3.8) is 0 Å². The van der Waals surface area contributed by atoms with Gasteiger partial charge in [-0.25, -0.2) is 0 Å². The number of carbonyl (C=O) groups is 1. The Morgan fingerprint density at radius 1 is 0.739 bits per heavy atom. The van der Waals surface area contributed by atoms with E-state index in [2.05, 4.69) is 19.2 Å². The lowest BCUT2D eigenvalue weighted by Crippen LogP contribution is -2.45. The second-order valence-corrected chi connectivity index (χ2v) is 15.7. The number of allylic oxidation sites excluding steroid dienone is 1. The molecule has 0 rings (SSSR count). The number of carbonyl (C=O) groups excluding carboxylic acids is 1. The van der Waals surface area contributed by atoms with Crippen LogP contribution >= 0.6 is 7.82 Å². The third kappa shape index (κ3) is 31.8. The van der Waals surface area contributed by atoms with Gasteiger partial charge in [0, 0.05) is 6.42 Å². The molecule has 0 radical (unpaired) electrons. The molecule has 0 saturated carbocycles. The van der Waals surface area contributed by atoms with Crippen molar-refractivity contribution in [2.75, 3.05) is 40.9 Å². The summed E-state index contributed by atoms with van der Waals surface area (Å²) in [5, 5.41) is 13.6. The highest BCUT2D eigenvalue weighted by molar-refractivity contribution is 7.45. The van der Waals surface area contributed by atoms with E-state index in [1.807, 2.05) is 27.2 Å². The first-order chi connectivity index (χ1) is 22.0. The van der Waals surface area contributed by atoms with Crippen LogP contribution < -0.4 is 10.2 Å². The summed E-state index contributed by atoms with van der Waals surface area (Å²) >= 11 is 0. The van der Waals surface area contributed by atoms with Crippen molar-refractivity contribution in [1.82, 2.24) is 5.32 Å². The van der Waals surface area contributed by atoms with Crippen LogP contribution in [0.1, 0.15) is 168 Å². The van der Waals surface area contributed by atoms with Crippen molar-refractivity contribution < 1.29 is 32.9 Å². The lowest BCUT2D eigenvalue weighted by molar-refractivity contribution is -0.870. The van der Waals surface area contributed by atoms with Crippen LogP contribution in [0.5, 0.6) is 0 Å². The largest absolute Gasteiger partial charge is 0.756 e. The van der Waals surface area contributed by atoms with Gasteiger partial charge < -0.3 is 28.8 Å². The normalized spacial score (nSPS) is 14.8. The highest BCUT2D eigenvalue weighted by Gasteiger charge is 2.23. The number of hydrogen-bond acceptors (Lipinski definition) is 6. The molecule has 0 aliphatic heterocycles. The Morgan fingerprint density at radius 3 is 1.63 bits per heavy atom. The molecular weight excluding hydrogens is 599 g/mol. The highest BCUT2D eigenvalue weighted by atomic mass is 31.2. The number of phosphoric ester groups is 1. The van der Waals surface area contributed by atoms with E-state index in [9.17, 15) is 19.4 Å². The number of aliphatic hydroxyl groups is 1. The number of likely N-dealkylation sites (N-methyl/N-ethyl adjacent to an activating group) is 1. The fraction of sp³-hybridized carbons (Fsp3) is 0.919. The zero-order valence-corrected chi connectivity index (χ0v) is 31.7. The first kappa shape index (κ1) is 45.2. The molecule has 46 heavy (non-hydrogen) atoms. The summed E-state index contributed by atoms with van der Waals surface area (Å²) in [7, 11) is 1.26. The van der Waals surface area contributed by atoms with Gasteiger partial charge in [-0.3, -0.25) is 9.36 Å². The number of quaternary nitrogens is 1. The van der Waals surface area contributed by atoms with E-state index in [-0.39, 0.29) is 19.1 Å². The molecule has 0 saturated heterocycles. The maximum Gasteiger partial charge on any atom is 0.268 e. The minimum atomic E-state index is -4.57. The van der Waals surface area contributed by atoms with Crippen LogP contribution in [0.3, 0.4) is 0 Å². The van der Waals surface area contributed by atoms with Gasteiger partial charge in [-0.1, -0.05) is 154 Å². The molecule has 0 aliphatic carbocycles. The smallest absolute Gasteiger partial charge is 0.268 e. The maximum absolute atomic E-state index is 12.7. The fourth-order valence-corrected chi connectivity index (χ4v) is 6.11. The zero-order valence-electron chi connectivity index (χ0n) is 30.8. The van der Waals surface area contributed by atoms with Gasteiger partial charge in [0.05, 0.1) is 39.9 Å². The Balaban J connectivity index is 4.39. The zero-order chi connectivity index (χ0) is 34.4. The third-order valence-electron chi connectivity index (χ3n) is 8.50. The summed E-state index contributed by atoms with van der Waals surface area (Å²) in [5.41, 5.74) is 0. The average molecular weight is 675 g/mol. The minimum absolute atomic E-state index is 0.00126. The van der Waals surface area contributed by atoms with Crippen LogP contribution in [-0.2, 0) is 18.4 Å². The molecule has 3 atom stereocenters. The molecule has 3 unspecified atom stereocenters. The Hall–Kier alpha value is -0.760. The number of nitrogens with zero attached hydrogens (tertiary/aromatic N) is 1. The molecule has 0 spiro atoms. The summed E-state index contributed by atoms with van der Waals surface area (Å²) in [6.45, 7) is 4.59. The topological polar surface area (TPSA) is 108 Å². The molecule has 1 amide bonds. The van der Waals surface area contributed by atoms with E-state index in [0.29, 0.717) is 17.4 Å². The minimum Gasteiger partial charge on any atom is -0.756 e. The predicted octanol–water partition coefficient (Wildman–Crippen LogP) is 9.00. The van der Waals surface area contributed by atoms with Crippen LogP contribution in [-0.4, -0.2) is 68.5 Å². The van der Waals surface area contributed by atoms with Crippen LogP contribution in [0.25, 0.3) is 0 Å². The second kappa shape index (κ2) is 30.3. The number of phosphoric acid groups is 1. The molecule has 0 bridgehead atoms. The Bertz CT molecular complexity index is 773. The first-order valence-electron chi connectivity index (χ1n) is 19.1. The van der Waals surface area contributed by atoms with Crippen LogP contribution in [0.4, 0.5) is 0 Å². The average Bonchev–Trinajstić information content (AvgIpc) is 2.99. The van der Waals surface area contributed by atoms with Crippen molar-refractivity contribution >= 4 is 13.7 Å². The lowest BCUT2D eigenvalue weighted by Gasteiger charge is -2.29. The van der Waals surface area contributed by atoms with Gasteiger partial charge in [-0.2, -0.15) is 0 Å². The van der Waals surface area contributed by atoms with E-state index >= 15 is 0 Å². The fourth-order valence-electron chi connectivity index (χ4n) is 5.39. The molecule has 9 heteroatoms. The summed E-state index contributed by atoms with van der Waals surface area (Å²) in [6.07, 6.45) is 31.2. The number of hydrogen-bond donors (Lipinski definition) is 2. The van der Waals surface area contributed by atoms with Gasteiger partial charge in [0.2, 0.25) is 5.91 Å².